The van der Waals surface area contributed by atoms with Gasteiger partial charge >= 0.3 is 5.97 Å². The summed E-state index contributed by atoms with van der Waals surface area (Å²) in [6.07, 6.45) is 0. The molecule has 0 bridgehead atoms. The van der Waals surface area contributed by atoms with Crippen LogP contribution in [0.4, 0.5) is 5.69 Å². The zero-order chi connectivity index (χ0) is 18.5. The predicted molar refractivity (Wildman–Crippen MR) is 98.6 cm³/mol. The zero-order valence-electron chi connectivity index (χ0n) is 14.1. The van der Waals surface area contributed by atoms with E-state index in [-0.39, 0.29) is 23.8 Å². The summed E-state index contributed by atoms with van der Waals surface area (Å²) in [6.45, 7) is 2.20. The molecule has 1 saturated heterocycles. The molecule has 0 unspecified atom stereocenters. The lowest BCUT2D eigenvalue weighted by Gasteiger charge is -2.36. The second-order valence-corrected chi connectivity index (χ2v) is 6.38. The van der Waals surface area contributed by atoms with Crippen LogP contribution >= 0.6 is 11.6 Å². The van der Waals surface area contributed by atoms with E-state index in [0.717, 1.165) is 18.8 Å². The third-order valence-electron chi connectivity index (χ3n) is 4.26. The number of phenols is 1. The Morgan fingerprint density at radius 3 is 2.42 bits per heavy atom. The number of para-hydroxylation sites is 1. The predicted octanol–water partition coefficient (Wildman–Crippen LogP) is 2.55. The van der Waals surface area contributed by atoms with Gasteiger partial charge in [0, 0.05) is 36.9 Å². The number of piperazine rings is 1. The third kappa shape index (κ3) is 4.26. The topological polar surface area (TPSA) is 70.1 Å². The number of nitrogens with zero attached hydrogens (tertiary/aromatic N) is 2. The van der Waals surface area contributed by atoms with Gasteiger partial charge in [0.05, 0.1) is 0 Å². The SMILES string of the molecule is O=C(OCC(=O)N1CCN(c2ccccc2)CC1)c1cc(Cl)ccc1O. The lowest BCUT2D eigenvalue weighted by Crippen LogP contribution is -2.49. The van der Waals surface area contributed by atoms with E-state index in [1.807, 2.05) is 30.3 Å². The summed E-state index contributed by atoms with van der Waals surface area (Å²) in [5.41, 5.74) is 1.07. The molecule has 0 radical (unpaired) electrons. The molecule has 0 aliphatic carbocycles. The average molecular weight is 375 g/mol. The summed E-state index contributed by atoms with van der Waals surface area (Å²) in [7, 11) is 0. The Kier molecular flexibility index (Phi) is 5.63. The number of carbonyl (C=O) groups excluding carboxylic acids is 2. The number of benzene rings is 2. The number of amides is 1. The molecule has 1 N–H and O–H groups in total. The van der Waals surface area contributed by atoms with Crippen LogP contribution in [0.2, 0.25) is 5.02 Å². The number of hydrogen-bond donors (Lipinski definition) is 1. The van der Waals surface area contributed by atoms with Gasteiger partial charge in [0.15, 0.2) is 6.61 Å². The Balaban J connectivity index is 1.50. The Morgan fingerprint density at radius 1 is 1.04 bits per heavy atom. The van der Waals surface area contributed by atoms with E-state index >= 15 is 0 Å². The lowest BCUT2D eigenvalue weighted by atomic mass is 10.2. The first kappa shape index (κ1) is 18.1. The van der Waals surface area contributed by atoms with Gasteiger partial charge in [-0.2, -0.15) is 0 Å². The fourth-order valence-electron chi connectivity index (χ4n) is 2.82. The van der Waals surface area contributed by atoms with E-state index in [1.165, 1.54) is 18.2 Å². The molecular formula is C19H19ClN2O4. The first-order valence-corrected chi connectivity index (χ1v) is 8.66. The van der Waals surface area contributed by atoms with Gasteiger partial charge in [-0.1, -0.05) is 29.8 Å². The first-order chi connectivity index (χ1) is 12.5. The molecule has 0 spiro atoms. The molecule has 0 aromatic heterocycles. The maximum atomic E-state index is 12.3. The highest BCUT2D eigenvalue weighted by molar-refractivity contribution is 6.31. The first-order valence-electron chi connectivity index (χ1n) is 8.28. The number of carbonyl (C=O) groups is 2. The van der Waals surface area contributed by atoms with Crippen LogP contribution in [0.25, 0.3) is 0 Å². The third-order valence-corrected chi connectivity index (χ3v) is 4.49. The number of phenolic OH excluding ortho intramolecular Hbond substituents is 1. The zero-order valence-corrected chi connectivity index (χ0v) is 14.9. The Labute approximate surface area is 156 Å². The Morgan fingerprint density at radius 2 is 1.73 bits per heavy atom. The molecule has 1 aliphatic rings. The molecule has 1 aliphatic heterocycles. The number of anilines is 1. The minimum atomic E-state index is -0.777. The van der Waals surface area contributed by atoms with Crippen molar-refractivity contribution in [2.45, 2.75) is 0 Å². The van der Waals surface area contributed by atoms with Crippen molar-refractivity contribution in [3.05, 3.63) is 59.1 Å². The van der Waals surface area contributed by atoms with Gasteiger partial charge in [-0.15, -0.1) is 0 Å². The Hall–Kier alpha value is -2.73. The van der Waals surface area contributed by atoms with Crippen molar-refractivity contribution in [3.63, 3.8) is 0 Å². The van der Waals surface area contributed by atoms with Gasteiger partial charge in [-0.25, -0.2) is 4.79 Å². The minimum Gasteiger partial charge on any atom is -0.507 e. The molecule has 3 rings (SSSR count). The molecular weight excluding hydrogens is 356 g/mol. The van der Waals surface area contributed by atoms with Crippen LogP contribution in [0.1, 0.15) is 10.4 Å². The summed E-state index contributed by atoms with van der Waals surface area (Å²) >= 11 is 5.81. The second kappa shape index (κ2) is 8.10. The number of hydrogen-bond acceptors (Lipinski definition) is 5. The highest BCUT2D eigenvalue weighted by Crippen LogP contribution is 2.22. The number of aromatic hydroxyl groups is 1. The normalized spacial score (nSPS) is 14.2. The van der Waals surface area contributed by atoms with Crippen LogP contribution in [0.5, 0.6) is 5.75 Å². The van der Waals surface area contributed by atoms with Gasteiger partial charge in [0.25, 0.3) is 5.91 Å². The summed E-state index contributed by atoms with van der Waals surface area (Å²) in [6, 6.07) is 14.1. The molecule has 6 nitrogen and oxygen atoms in total. The molecule has 2 aromatic rings. The van der Waals surface area contributed by atoms with Gasteiger partial charge in [-0.05, 0) is 30.3 Å². The van der Waals surface area contributed by atoms with Crippen LogP contribution < -0.4 is 4.90 Å². The van der Waals surface area contributed by atoms with Crippen molar-refractivity contribution in [2.75, 3.05) is 37.7 Å². The maximum absolute atomic E-state index is 12.3. The minimum absolute atomic E-state index is 0.0563. The smallest absolute Gasteiger partial charge is 0.342 e. The fourth-order valence-corrected chi connectivity index (χ4v) is 2.99. The van der Waals surface area contributed by atoms with E-state index in [9.17, 15) is 14.7 Å². The second-order valence-electron chi connectivity index (χ2n) is 5.94. The van der Waals surface area contributed by atoms with Crippen molar-refractivity contribution < 1.29 is 19.4 Å². The van der Waals surface area contributed by atoms with Gasteiger partial charge in [-0.3, -0.25) is 4.79 Å². The van der Waals surface area contributed by atoms with Crippen LogP contribution in [0, 0.1) is 0 Å². The average Bonchev–Trinajstić information content (AvgIpc) is 2.68. The number of rotatable bonds is 4. The van der Waals surface area contributed by atoms with E-state index in [1.54, 1.807) is 4.90 Å². The summed E-state index contributed by atoms with van der Waals surface area (Å²) in [5, 5.41) is 10.0. The fraction of sp³-hybridized carbons (Fsp3) is 0.263. The van der Waals surface area contributed by atoms with E-state index < -0.39 is 5.97 Å². The van der Waals surface area contributed by atoms with Crippen LogP contribution in [0.3, 0.4) is 0 Å². The number of ether oxygens (including phenoxy) is 1. The van der Waals surface area contributed by atoms with Crippen molar-refractivity contribution >= 4 is 29.2 Å². The summed E-state index contributed by atoms with van der Waals surface area (Å²) in [5.74, 6) is -1.27. The monoisotopic (exact) mass is 374 g/mol. The van der Waals surface area contributed by atoms with Crippen LogP contribution in [-0.4, -0.2) is 54.7 Å². The van der Waals surface area contributed by atoms with Crippen molar-refractivity contribution in [1.82, 2.24) is 4.90 Å². The van der Waals surface area contributed by atoms with Crippen molar-refractivity contribution in [3.8, 4) is 5.75 Å². The van der Waals surface area contributed by atoms with Crippen LogP contribution in [-0.2, 0) is 9.53 Å². The van der Waals surface area contributed by atoms with Crippen molar-refractivity contribution in [2.24, 2.45) is 0 Å². The van der Waals surface area contributed by atoms with Gasteiger partial charge < -0.3 is 19.6 Å². The summed E-state index contributed by atoms with van der Waals surface area (Å²) in [4.78, 5) is 28.2. The lowest BCUT2D eigenvalue weighted by molar-refractivity contribution is -0.134. The molecule has 2 aromatic carbocycles. The molecule has 136 valence electrons. The number of esters is 1. The molecule has 7 heteroatoms. The molecule has 1 amide bonds. The molecule has 0 saturated carbocycles. The Bertz CT molecular complexity index is 789. The van der Waals surface area contributed by atoms with Gasteiger partial charge in [0.2, 0.25) is 0 Å². The largest absolute Gasteiger partial charge is 0.507 e. The summed E-state index contributed by atoms with van der Waals surface area (Å²) < 4.78 is 5.03. The molecule has 1 heterocycles. The van der Waals surface area contributed by atoms with E-state index in [4.69, 9.17) is 16.3 Å². The highest BCUT2D eigenvalue weighted by atomic mass is 35.5. The molecule has 26 heavy (non-hydrogen) atoms. The van der Waals surface area contributed by atoms with E-state index in [2.05, 4.69) is 4.90 Å². The van der Waals surface area contributed by atoms with Gasteiger partial charge in [0.1, 0.15) is 11.3 Å². The van der Waals surface area contributed by atoms with Crippen LogP contribution in [0.15, 0.2) is 48.5 Å². The molecule has 1 fully saturated rings. The number of halogens is 1. The van der Waals surface area contributed by atoms with Crippen molar-refractivity contribution in [1.29, 1.82) is 0 Å². The maximum Gasteiger partial charge on any atom is 0.342 e. The van der Waals surface area contributed by atoms with E-state index in [0.29, 0.717) is 18.1 Å². The quantitative estimate of drug-likeness (QED) is 0.833. The highest BCUT2D eigenvalue weighted by Gasteiger charge is 2.23. The standard InChI is InChI=1S/C19H19ClN2O4/c20-14-6-7-17(23)16(12-14)19(25)26-13-18(24)22-10-8-21(9-11-22)15-4-2-1-3-5-15/h1-7,12,23H,8-11,13H2. The molecule has 0 atom stereocenters.